The fraction of sp³-hybridized carbons (Fsp3) is 0.310. The van der Waals surface area contributed by atoms with E-state index in [2.05, 4.69) is 5.32 Å². The van der Waals surface area contributed by atoms with Crippen molar-refractivity contribution in [1.82, 2.24) is 5.32 Å². The highest BCUT2D eigenvalue weighted by atomic mass is 35.5. The Balaban J connectivity index is 1.21. The first kappa shape index (κ1) is 27.6. The van der Waals surface area contributed by atoms with E-state index in [1.165, 1.54) is 12.1 Å². The Kier molecular flexibility index (Phi) is 9.05. The third kappa shape index (κ3) is 7.35. The molecule has 0 radical (unpaired) electrons. The zero-order valence-electron chi connectivity index (χ0n) is 21.0. The van der Waals surface area contributed by atoms with Gasteiger partial charge in [-0.3, -0.25) is 8.98 Å². The number of nitrogens with zero attached hydrogens (tertiary/aromatic N) is 1. The molecular weight excluding hydrogens is 524 g/mol. The maximum Gasteiger partial charge on any atom is 0.296 e. The van der Waals surface area contributed by atoms with Gasteiger partial charge >= 0.3 is 0 Å². The lowest BCUT2D eigenvalue weighted by Gasteiger charge is -2.29. The molecule has 0 unspecified atom stereocenters. The van der Waals surface area contributed by atoms with Gasteiger partial charge in [-0.1, -0.05) is 41.4 Å². The van der Waals surface area contributed by atoms with E-state index < -0.39 is 10.1 Å². The summed E-state index contributed by atoms with van der Waals surface area (Å²) in [7, 11) is -3.80. The number of halogens is 1. The van der Waals surface area contributed by atoms with E-state index in [-0.39, 0.29) is 29.6 Å². The van der Waals surface area contributed by atoms with Crippen LogP contribution in [0.2, 0.25) is 5.02 Å². The van der Waals surface area contributed by atoms with Gasteiger partial charge in [0.25, 0.3) is 16.0 Å². The van der Waals surface area contributed by atoms with Gasteiger partial charge in [-0.05, 0) is 81.0 Å². The number of carbonyl (C=O) groups is 1. The number of carbonyl (C=O) groups excluding carboxylic acids is 1. The second kappa shape index (κ2) is 12.4. The predicted molar refractivity (Wildman–Crippen MR) is 145 cm³/mol. The molecule has 9 heteroatoms. The van der Waals surface area contributed by atoms with Crippen molar-refractivity contribution in [3.05, 3.63) is 94.0 Å². The average Bonchev–Trinajstić information content (AvgIpc) is 2.90. The average molecular weight is 553 g/mol. The monoisotopic (exact) mass is 552 g/mol. The van der Waals surface area contributed by atoms with Gasteiger partial charge in [0.05, 0.1) is 28.2 Å². The summed E-state index contributed by atoms with van der Waals surface area (Å²) < 4.78 is 35.8. The number of aryl methyl sites for hydroxylation is 1. The molecule has 0 spiro atoms. The molecule has 0 aromatic heterocycles. The van der Waals surface area contributed by atoms with Crippen molar-refractivity contribution >= 4 is 27.6 Å². The van der Waals surface area contributed by atoms with Crippen molar-refractivity contribution in [1.29, 1.82) is 5.26 Å². The minimum atomic E-state index is -3.80. The minimum Gasteiger partial charge on any atom is -0.490 e. The maximum atomic E-state index is 12.7. The van der Waals surface area contributed by atoms with Gasteiger partial charge in [0.1, 0.15) is 11.8 Å². The SMILES string of the molecule is Cc1ccc(S(=O)(=O)OCCc2ccc(C(=O)N[C@H]3CC[C@H](Oc4ccc(C#N)c(Cl)c4)CC3)cc2)cc1. The summed E-state index contributed by atoms with van der Waals surface area (Å²) in [6.45, 7) is 1.90. The Morgan fingerprint density at radius 1 is 1.03 bits per heavy atom. The number of benzene rings is 3. The molecule has 0 aliphatic heterocycles. The van der Waals surface area contributed by atoms with Crippen LogP contribution < -0.4 is 10.1 Å². The molecule has 0 saturated heterocycles. The molecule has 3 aromatic rings. The van der Waals surface area contributed by atoms with E-state index in [4.69, 9.17) is 25.8 Å². The molecule has 0 bridgehead atoms. The van der Waals surface area contributed by atoms with E-state index in [0.29, 0.717) is 28.3 Å². The van der Waals surface area contributed by atoms with Crippen LogP contribution in [0.1, 0.15) is 52.7 Å². The summed E-state index contributed by atoms with van der Waals surface area (Å²) in [6.07, 6.45) is 3.63. The Morgan fingerprint density at radius 3 is 2.34 bits per heavy atom. The van der Waals surface area contributed by atoms with Crippen molar-refractivity contribution in [2.75, 3.05) is 6.61 Å². The normalized spacial score (nSPS) is 17.4. The molecule has 38 heavy (non-hydrogen) atoms. The largest absolute Gasteiger partial charge is 0.490 e. The van der Waals surface area contributed by atoms with Crippen molar-refractivity contribution in [3.63, 3.8) is 0 Å². The summed E-state index contributed by atoms with van der Waals surface area (Å²) in [5, 5.41) is 12.5. The number of hydrogen-bond donors (Lipinski definition) is 1. The first-order valence-electron chi connectivity index (χ1n) is 12.5. The second-order valence-corrected chi connectivity index (χ2v) is 11.4. The summed E-state index contributed by atoms with van der Waals surface area (Å²) in [4.78, 5) is 12.9. The molecule has 1 N–H and O–H groups in total. The molecule has 1 amide bonds. The predicted octanol–water partition coefficient (Wildman–Crippen LogP) is 5.59. The van der Waals surface area contributed by atoms with E-state index in [9.17, 15) is 13.2 Å². The van der Waals surface area contributed by atoms with Gasteiger partial charge in [0.2, 0.25) is 0 Å². The highest BCUT2D eigenvalue weighted by Crippen LogP contribution is 2.27. The maximum absolute atomic E-state index is 12.7. The zero-order valence-corrected chi connectivity index (χ0v) is 22.6. The van der Waals surface area contributed by atoms with Gasteiger partial charge in [-0.15, -0.1) is 0 Å². The number of nitriles is 1. The van der Waals surface area contributed by atoms with Gasteiger partial charge in [0.15, 0.2) is 0 Å². The minimum absolute atomic E-state index is 0.0156. The molecule has 1 saturated carbocycles. The van der Waals surface area contributed by atoms with Crippen LogP contribution in [0, 0.1) is 18.3 Å². The van der Waals surface area contributed by atoms with Crippen LogP contribution >= 0.6 is 11.6 Å². The summed E-state index contributed by atoms with van der Waals surface area (Å²) in [5.74, 6) is 0.498. The fourth-order valence-electron chi connectivity index (χ4n) is 4.31. The summed E-state index contributed by atoms with van der Waals surface area (Å²) in [6, 6.07) is 20.8. The second-order valence-electron chi connectivity index (χ2n) is 9.35. The number of rotatable bonds is 9. The summed E-state index contributed by atoms with van der Waals surface area (Å²) >= 11 is 6.09. The van der Waals surface area contributed by atoms with Crippen molar-refractivity contribution in [2.24, 2.45) is 0 Å². The molecule has 4 rings (SSSR count). The first-order valence-corrected chi connectivity index (χ1v) is 14.2. The highest BCUT2D eigenvalue weighted by molar-refractivity contribution is 7.86. The number of amides is 1. The van der Waals surface area contributed by atoms with Crippen LogP contribution in [0.4, 0.5) is 0 Å². The Morgan fingerprint density at radius 2 is 1.71 bits per heavy atom. The van der Waals surface area contributed by atoms with Gasteiger partial charge < -0.3 is 10.1 Å². The van der Waals surface area contributed by atoms with E-state index in [1.54, 1.807) is 42.5 Å². The molecule has 1 aliphatic rings. The molecule has 3 aromatic carbocycles. The molecule has 1 fully saturated rings. The lowest BCUT2D eigenvalue weighted by atomic mass is 9.92. The van der Waals surface area contributed by atoms with Crippen molar-refractivity contribution < 1.29 is 22.1 Å². The molecular formula is C29H29ClN2O5S. The third-order valence-corrected chi connectivity index (χ3v) is 8.17. The van der Waals surface area contributed by atoms with E-state index in [0.717, 1.165) is 36.8 Å². The Bertz CT molecular complexity index is 1410. The van der Waals surface area contributed by atoms with Gasteiger partial charge in [-0.25, -0.2) is 0 Å². The zero-order chi connectivity index (χ0) is 27.1. The van der Waals surface area contributed by atoms with E-state index in [1.807, 2.05) is 25.1 Å². The van der Waals surface area contributed by atoms with Crippen LogP contribution in [-0.2, 0) is 20.7 Å². The molecule has 0 heterocycles. The van der Waals surface area contributed by atoms with Gasteiger partial charge in [0, 0.05) is 17.7 Å². The molecule has 7 nitrogen and oxygen atoms in total. The standard InChI is InChI=1S/C29H29ClN2O5S/c1-20-2-14-27(15-3-20)38(34,35)36-17-16-21-4-6-22(7-5-21)29(33)32-24-9-12-25(13-10-24)37-26-11-8-23(19-31)28(30)18-26/h2-8,11,14-15,18,24-25H,9-10,12-13,16-17H2,1H3,(H,32,33)/t24-,25-. The van der Waals surface area contributed by atoms with Crippen LogP contribution in [0.3, 0.4) is 0 Å². The Labute approximate surface area is 228 Å². The number of ether oxygens (including phenoxy) is 1. The molecule has 1 aliphatic carbocycles. The topological polar surface area (TPSA) is 105 Å². The highest BCUT2D eigenvalue weighted by Gasteiger charge is 2.24. The fourth-order valence-corrected chi connectivity index (χ4v) is 5.43. The summed E-state index contributed by atoms with van der Waals surface area (Å²) in [5.41, 5.74) is 2.81. The third-order valence-electron chi connectivity index (χ3n) is 6.53. The van der Waals surface area contributed by atoms with Gasteiger partial charge in [-0.2, -0.15) is 13.7 Å². The van der Waals surface area contributed by atoms with Crippen molar-refractivity contribution in [2.45, 2.75) is 56.1 Å². The lowest BCUT2D eigenvalue weighted by Crippen LogP contribution is -2.39. The van der Waals surface area contributed by atoms with E-state index >= 15 is 0 Å². The van der Waals surface area contributed by atoms with Crippen LogP contribution in [-0.4, -0.2) is 33.1 Å². The van der Waals surface area contributed by atoms with Crippen LogP contribution in [0.5, 0.6) is 5.75 Å². The Hall–Kier alpha value is -3.38. The van der Waals surface area contributed by atoms with Crippen LogP contribution in [0.15, 0.2) is 71.6 Å². The molecule has 0 atom stereocenters. The first-order chi connectivity index (χ1) is 18.2. The van der Waals surface area contributed by atoms with Crippen LogP contribution in [0.25, 0.3) is 0 Å². The number of nitrogens with one attached hydrogen (secondary N) is 1. The lowest BCUT2D eigenvalue weighted by molar-refractivity contribution is 0.0894. The number of hydrogen-bond acceptors (Lipinski definition) is 6. The smallest absolute Gasteiger partial charge is 0.296 e. The van der Waals surface area contributed by atoms with Crippen molar-refractivity contribution in [3.8, 4) is 11.8 Å². The quantitative estimate of drug-likeness (QED) is 0.347. The molecule has 198 valence electrons.